The average molecular weight is 643 g/mol. The van der Waals surface area contributed by atoms with Crippen LogP contribution < -0.4 is 20.3 Å². The van der Waals surface area contributed by atoms with Gasteiger partial charge in [0.1, 0.15) is 18.1 Å². The van der Waals surface area contributed by atoms with Gasteiger partial charge in [0.25, 0.3) is 0 Å². The molecule has 2 amide bonds. The van der Waals surface area contributed by atoms with Crippen molar-refractivity contribution in [2.24, 2.45) is 0 Å². The van der Waals surface area contributed by atoms with Gasteiger partial charge in [0, 0.05) is 32.8 Å². The summed E-state index contributed by atoms with van der Waals surface area (Å²) in [6, 6.07) is 19.3. The van der Waals surface area contributed by atoms with Gasteiger partial charge in [0.05, 0.1) is 13.2 Å². The molecular formula is C32H41BF2N2O7Si. The van der Waals surface area contributed by atoms with Crippen molar-refractivity contribution in [2.45, 2.75) is 64.7 Å². The summed E-state index contributed by atoms with van der Waals surface area (Å²) in [6.45, 7) is 5.68. The molecule has 242 valence electrons. The summed E-state index contributed by atoms with van der Waals surface area (Å²) >= 11 is 0. The van der Waals surface area contributed by atoms with Gasteiger partial charge in [-0.3, -0.25) is 4.79 Å². The first-order chi connectivity index (χ1) is 21.2. The number of carbonyl (C=O) groups excluding carboxylic acids is 2. The third-order valence-corrected chi connectivity index (χ3v) is 8.65. The van der Waals surface area contributed by atoms with Gasteiger partial charge in [-0.2, -0.15) is 8.78 Å². The van der Waals surface area contributed by atoms with Crippen molar-refractivity contribution in [3.63, 3.8) is 0 Å². The SMILES string of the molecule is C[C@H](CC(=O)Nc1ccc(OC(F)F)c(CN(C)C(=O)OCC[Si](C)(C)C)c1)c1cc(B(O)O)ccc1OCc1ccccc1. The number of hydrogen-bond donors (Lipinski definition) is 3. The fourth-order valence-corrected chi connectivity index (χ4v) is 5.16. The van der Waals surface area contributed by atoms with Crippen molar-refractivity contribution in [3.8, 4) is 11.5 Å². The van der Waals surface area contributed by atoms with Gasteiger partial charge in [0.2, 0.25) is 5.91 Å². The Morgan fingerprint density at radius 1 is 1.00 bits per heavy atom. The second-order valence-electron chi connectivity index (χ2n) is 12.1. The van der Waals surface area contributed by atoms with Crippen LogP contribution >= 0.6 is 0 Å². The molecule has 3 rings (SSSR count). The molecule has 9 nitrogen and oxygen atoms in total. The fourth-order valence-electron chi connectivity index (χ4n) is 4.45. The molecule has 0 saturated heterocycles. The van der Waals surface area contributed by atoms with Crippen molar-refractivity contribution < 1.29 is 42.6 Å². The first-order valence-corrected chi connectivity index (χ1v) is 18.3. The molecule has 0 aliphatic rings. The minimum Gasteiger partial charge on any atom is -0.489 e. The summed E-state index contributed by atoms with van der Waals surface area (Å²) in [6.07, 6.45) is -0.597. The Bertz CT molecular complexity index is 1420. The van der Waals surface area contributed by atoms with Gasteiger partial charge < -0.3 is 34.5 Å². The zero-order valence-corrected chi connectivity index (χ0v) is 27.3. The van der Waals surface area contributed by atoms with Crippen LogP contribution in [0, 0.1) is 0 Å². The van der Waals surface area contributed by atoms with Crippen molar-refractivity contribution in [3.05, 3.63) is 83.4 Å². The number of ether oxygens (including phenoxy) is 3. The fraction of sp³-hybridized carbons (Fsp3) is 0.375. The largest absolute Gasteiger partial charge is 0.489 e. The summed E-state index contributed by atoms with van der Waals surface area (Å²) in [7, 11) is -1.62. The van der Waals surface area contributed by atoms with Gasteiger partial charge >= 0.3 is 19.8 Å². The molecule has 0 aliphatic heterocycles. The quantitative estimate of drug-likeness (QED) is 0.185. The van der Waals surface area contributed by atoms with E-state index in [0.29, 0.717) is 17.0 Å². The van der Waals surface area contributed by atoms with Gasteiger partial charge in [-0.1, -0.05) is 69.0 Å². The summed E-state index contributed by atoms with van der Waals surface area (Å²) in [5.74, 6) is -0.400. The number of halogens is 2. The van der Waals surface area contributed by atoms with Crippen LogP contribution in [0.2, 0.25) is 25.7 Å². The molecule has 13 heteroatoms. The molecule has 3 aromatic rings. The first kappa shape index (κ1) is 35.5. The highest BCUT2D eigenvalue weighted by atomic mass is 28.3. The Hall–Kier alpha value is -3.94. The minimum atomic E-state index is -3.08. The van der Waals surface area contributed by atoms with Crippen LogP contribution in [0.25, 0.3) is 0 Å². The molecule has 0 spiro atoms. The van der Waals surface area contributed by atoms with E-state index in [-0.39, 0.29) is 48.9 Å². The van der Waals surface area contributed by atoms with Crippen LogP contribution in [0.1, 0.15) is 36.0 Å². The normalized spacial score (nSPS) is 12.0. The van der Waals surface area contributed by atoms with Crippen LogP contribution in [0.3, 0.4) is 0 Å². The Balaban J connectivity index is 1.72. The van der Waals surface area contributed by atoms with E-state index in [1.807, 2.05) is 37.3 Å². The molecule has 3 aromatic carbocycles. The molecule has 0 unspecified atom stereocenters. The van der Waals surface area contributed by atoms with Crippen LogP contribution in [0.15, 0.2) is 66.7 Å². The van der Waals surface area contributed by atoms with Crippen molar-refractivity contribution in [1.82, 2.24) is 4.90 Å². The first-order valence-electron chi connectivity index (χ1n) is 14.6. The van der Waals surface area contributed by atoms with E-state index in [4.69, 9.17) is 9.47 Å². The van der Waals surface area contributed by atoms with E-state index in [1.165, 1.54) is 30.1 Å². The van der Waals surface area contributed by atoms with E-state index in [9.17, 15) is 28.4 Å². The van der Waals surface area contributed by atoms with Crippen LogP contribution in [0.5, 0.6) is 11.5 Å². The molecule has 0 aliphatic carbocycles. The van der Waals surface area contributed by atoms with Gasteiger partial charge in [0.15, 0.2) is 0 Å². The molecular weight excluding hydrogens is 601 g/mol. The van der Waals surface area contributed by atoms with Gasteiger partial charge in [-0.05, 0) is 52.8 Å². The second-order valence-corrected chi connectivity index (χ2v) is 17.7. The molecule has 0 bridgehead atoms. The van der Waals surface area contributed by atoms with E-state index in [1.54, 1.807) is 18.2 Å². The Labute approximate surface area is 264 Å². The van der Waals surface area contributed by atoms with E-state index < -0.39 is 33.8 Å². The lowest BCUT2D eigenvalue weighted by Crippen LogP contribution is -2.30. The number of alkyl halides is 2. The summed E-state index contributed by atoms with van der Waals surface area (Å²) in [5, 5.41) is 22.2. The third-order valence-electron chi connectivity index (χ3n) is 6.95. The van der Waals surface area contributed by atoms with Crippen molar-refractivity contribution in [2.75, 3.05) is 19.0 Å². The summed E-state index contributed by atoms with van der Waals surface area (Å²) < 4.78 is 42.3. The number of amides is 2. The number of nitrogens with one attached hydrogen (secondary N) is 1. The third kappa shape index (κ3) is 11.8. The Kier molecular flexibility index (Phi) is 12.9. The average Bonchev–Trinajstić information content (AvgIpc) is 2.96. The van der Waals surface area contributed by atoms with Crippen molar-refractivity contribution >= 4 is 38.3 Å². The maximum Gasteiger partial charge on any atom is 0.488 e. The molecule has 3 N–H and O–H groups in total. The minimum absolute atomic E-state index is 0.000607. The molecule has 0 aromatic heterocycles. The Morgan fingerprint density at radius 2 is 1.69 bits per heavy atom. The maximum absolute atomic E-state index is 13.1. The van der Waals surface area contributed by atoms with Crippen molar-refractivity contribution in [1.29, 1.82) is 0 Å². The maximum atomic E-state index is 13.1. The molecule has 0 saturated carbocycles. The highest BCUT2D eigenvalue weighted by molar-refractivity contribution is 6.76. The number of anilines is 1. The lowest BCUT2D eigenvalue weighted by atomic mass is 9.78. The van der Waals surface area contributed by atoms with E-state index >= 15 is 0 Å². The smallest absolute Gasteiger partial charge is 0.488 e. The summed E-state index contributed by atoms with van der Waals surface area (Å²) in [5.41, 5.74) is 2.39. The Morgan fingerprint density at radius 3 is 2.33 bits per heavy atom. The monoisotopic (exact) mass is 642 g/mol. The highest BCUT2D eigenvalue weighted by Crippen LogP contribution is 2.30. The number of carbonyl (C=O) groups is 2. The number of rotatable bonds is 15. The molecule has 0 fully saturated rings. The number of hydrogen-bond acceptors (Lipinski definition) is 7. The lowest BCUT2D eigenvalue weighted by molar-refractivity contribution is -0.116. The van der Waals surface area contributed by atoms with Crippen LogP contribution in [-0.4, -0.2) is 62.4 Å². The second kappa shape index (κ2) is 16.4. The zero-order chi connectivity index (χ0) is 33.1. The molecule has 1 atom stereocenters. The predicted molar refractivity (Wildman–Crippen MR) is 173 cm³/mol. The molecule has 0 radical (unpaired) electrons. The standard InChI is InChI=1S/C32H41BF2N2O7Si/c1-22(27-19-25(33(40)41)11-13-29(27)43-21-23-9-7-6-8-10-23)17-30(38)36-26-12-14-28(44-31(34)35)24(18-26)20-37(2)32(39)42-15-16-45(3,4)5/h6-14,18-19,22,31,40-41H,15-17,20-21H2,1-5H3,(H,36,38)/t22-/m1/s1. The molecule has 0 heterocycles. The lowest BCUT2D eigenvalue weighted by Gasteiger charge is -2.21. The van der Waals surface area contributed by atoms with Gasteiger partial charge in [-0.15, -0.1) is 0 Å². The zero-order valence-electron chi connectivity index (χ0n) is 26.3. The topological polar surface area (TPSA) is 118 Å². The highest BCUT2D eigenvalue weighted by Gasteiger charge is 2.22. The van der Waals surface area contributed by atoms with Crippen LogP contribution in [-0.2, 0) is 22.7 Å². The molecule has 45 heavy (non-hydrogen) atoms. The predicted octanol–water partition coefficient (Wildman–Crippen LogP) is 5.59. The van der Waals surface area contributed by atoms with E-state index in [0.717, 1.165) is 11.6 Å². The van der Waals surface area contributed by atoms with E-state index in [2.05, 4.69) is 29.7 Å². The summed E-state index contributed by atoms with van der Waals surface area (Å²) in [4.78, 5) is 26.9. The van der Waals surface area contributed by atoms with Crippen LogP contribution in [0.4, 0.5) is 19.3 Å². The number of nitrogens with zero attached hydrogens (tertiary/aromatic N) is 1. The van der Waals surface area contributed by atoms with Gasteiger partial charge in [-0.25, -0.2) is 4.79 Å². The number of benzene rings is 3.